The number of aromatic amines is 1. The van der Waals surface area contributed by atoms with Crippen LogP contribution >= 0.6 is 0 Å². The lowest BCUT2D eigenvalue weighted by molar-refractivity contribution is 0.315. The highest BCUT2D eigenvalue weighted by molar-refractivity contribution is 5.94. The smallest absolute Gasteiger partial charge is 0.193 e. The summed E-state index contributed by atoms with van der Waals surface area (Å²) >= 11 is 0. The first-order valence-corrected chi connectivity index (χ1v) is 4.81. The topological polar surface area (TPSA) is 131 Å². The molecule has 0 radical (unpaired) electrons. The Labute approximate surface area is 94.3 Å². The quantitative estimate of drug-likeness (QED) is 0.534. The van der Waals surface area contributed by atoms with Gasteiger partial charge in [-0.2, -0.15) is 5.21 Å². The van der Waals surface area contributed by atoms with Crippen molar-refractivity contribution in [2.45, 2.75) is 6.54 Å². The lowest BCUT2D eigenvalue weighted by Crippen LogP contribution is -2.02. The second-order valence-electron chi connectivity index (χ2n) is 3.35. The molecule has 0 amide bonds. The number of fused-ring (bicyclic) bond motifs is 1. The number of aromatic nitrogens is 6. The molecule has 2 heterocycles. The van der Waals surface area contributed by atoms with Gasteiger partial charge >= 0.3 is 0 Å². The molecule has 3 aromatic rings. The van der Waals surface area contributed by atoms with E-state index in [0.717, 1.165) is 5.69 Å². The van der Waals surface area contributed by atoms with E-state index >= 15 is 0 Å². The highest BCUT2D eigenvalue weighted by Gasteiger charge is 2.10. The maximum Gasteiger partial charge on any atom is 0.193 e. The highest BCUT2D eigenvalue weighted by atomic mass is 16.6. The summed E-state index contributed by atoms with van der Waals surface area (Å²) in [7, 11) is 0. The Bertz CT molecular complexity index is 630. The van der Waals surface area contributed by atoms with E-state index in [1.807, 2.05) is 0 Å². The molecule has 0 saturated heterocycles. The number of benzene rings is 1. The third-order valence-electron chi connectivity index (χ3n) is 2.27. The molecule has 9 nitrogen and oxygen atoms in total. The molecule has 0 bridgehead atoms. The van der Waals surface area contributed by atoms with Crippen LogP contribution in [0.2, 0.25) is 0 Å². The summed E-state index contributed by atoms with van der Waals surface area (Å²) in [6.07, 6.45) is 0. The summed E-state index contributed by atoms with van der Waals surface area (Å²) < 4.78 is 4.65. The van der Waals surface area contributed by atoms with Gasteiger partial charge in [-0.1, -0.05) is 5.21 Å². The highest BCUT2D eigenvalue weighted by Crippen LogP contribution is 2.25. The van der Waals surface area contributed by atoms with Crippen LogP contribution in [0.3, 0.4) is 0 Å². The van der Waals surface area contributed by atoms with E-state index in [4.69, 9.17) is 5.73 Å². The number of nitrogens with two attached hydrogens (primary N) is 1. The zero-order valence-corrected chi connectivity index (χ0v) is 8.58. The van der Waals surface area contributed by atoms with Crippen molar-refractivity contribution in [2.75, 3.05) is 11.1 Å². The minimum Gasteiger partial charge on any atom is -0.397 e. The van der Waals surface area contributed by atoms with E-state index in [1.54, 1.807) is 12.1 Å². The zero-order chi connectivity index (χ0) is 11.7. The second-order valence-corrected chi connectivity index (χ2v) is 3.35. The van der Waals surface area contributed by atoms with Gasteiger partial charge in [0.1, 0.15) is 0 Å². The van der Waals surface area contributed by atoms with Crippen molar-refractivity contribution in [1.82, 2.24) is 30.9 Å². The second kappa shape index (κ2) is 3.70. The summed E-state index contributed by atoms with van der Waals surface area (Å²) in [5.41, 5.74) is 8.11. The number of nitrogen functional groups attached to an aromatic ring is 1. The summed E-state index contributed by atoms with van der Waals surface area (Å²) in [6, 6.07) is 3.52. The molecule has 0 unspecified atom stereocenters. The molecule has 0 fully saturated rings. The van der Waals surface area contributed by atoms with Gasteiger partial charge < -0.3 is 11.1 Å². The number of nitrogens with zero attached hydrogens (tertiary/aromatic N) is 5. The molecular formula is C8H8N8O. The molecule has 1 aromatic carbocycles. The maximum absolute atomic E-state index is 5.73. The van der Waals surface area contributed by atoms with Gasteiger partial charge in [0.05, 0.1) is 17.9 Å². The largest absolute Gasteiger partial charge is 0.397 e. The van der Waals surface area contributed by atoms with Gasteiger partial charge in [0.25, 0.3) is 0 Å². The number of rotatable bonds is 3. The Hall–Kier alpha value is -2.71. The van der Waals surface area contributed by atoms with Crippen molar-refractivity contribution in [3.63, 3.8) is 0 Å². The molecule has 9 heteroatoms. The summed E-state index contributed by atoms with van der Waals surface area (Å²) in [4.78, 5) is 0. The lowest BCUT2D eigenvalue weighted by atomic mass is 10.2. The van der Waals surface area contributed by atoms with Gasteiger partial charge in [-0.3, -0.25) is 0 Å². The van der Waals surface area contributed by atoms with Gasteiger partial charge in [-0.15, -0.1) is 10.2 Å². The first kappa shape index (κ1) is 9.51. The van der Waals surface area contributed by atoms with Crippen LogP contribution in [0, 0.1) is 0 Å². The van der Waals surface area contributed by atoms with Gasteiger partial charge in [-0.05, 0) is 22.4 Å². The van der Waals surface area contributed by atoms with Crippen LogP contribution in [0.4, 0.5) is 11.4 Å². The van der Waals surface area contributed by atoms with Crippen molar-refractivity contribution in [2.24, 2.45) is 0 Å². The van der Waals surface area contributed by atoms with Crippen LogP contribution in [0.15, 0.2) is 16.8 Å². The molecule has 2 aromatic heterocycles. The van der Waals surface area contributed by atoms with Crippen molar-refractivity contribution in [3.8, 4) is 0 Å². The van der Waals surface area contributed by atoms with E-state index in [1.165, 1.54) is 0 Å². The molecule has 0 aliphatic rings. The number of H-pyrrole nitrogens is 1. The Kier molecular flexibility index (Phi) is 2.07. The maximum atomic E-state index is 5.73. The molecule has 86 valence electrons. The van der Waals surface area contributed by atoms with Crippen molar-refractivity contribution < 1.29 is 4.63 Å². The third kappa shape index (κ3) is 1.62. The number of anilines is 2. The molecule has 4 N–H and O–H groups in total. The fourth-order valence-corrected chi connectivity index (χ4v) is 1.46. The fourth-order valence-electron chi connectivity index (χ4n) is 1.46. The minimum absolute atomic E-state index is 0.419. The average molecular weight is 232 g/mol. The summed E-state index contributed by atoms with van der Waals surface area (Å²) in [5, 5.41) is 24.1. The number of hydrogen-bond donors (Lipinski definition) is 3. The molecule has 0 aliphatic carbocycles. The Morgan fingerprint density at radius 3 is 3.00 bits per heavy atom. The van der Waals surface area contributed by atoms with E-state index < -0.39 is 0 Å². The van der Waals surface area contributed by atoms with Crippen LogP contribution in [0.1, 0.15) is 5.82 Å². The Balaban J connectivity index is 1.90. The van der Waals surface area contributed by atoms with E-state index in [9.17, 15) is 0 Å². The minimum atomic E-state index is 0.419. The van der Waals surface area contributed by atoms with Gasteiger partial charge in [0.15, 0.2) is 16.9 Å². The van der Waals surface area contributed by atoms with Crippen LogP contribution in [0.5, 0.6) is 0 Å². The van der Waals surface area contributed by atoms with Gasteiger partial charge in [-0.25, -0.2) is 4.63 Å². The molecule has 0 atom stereocenters. The fraction of sp³-hybridized carbons (Fsp3) is 0.125. The predicted octanol–water partition coefficient (Wildman–Crippen LogP) is -0.0698. The molecule has 0 spiro atoms. The van der Waals surface area contributed by atoms with Crippen molar-refractivity contribution in [3.05, 3.63) is 18.0 Å². The monoisotopic (exact) mass is 232 g/mol. The first-order chi connectivity index (χ1) is 8.34. The zero-order valence-electron chi connectivity index (χ0n) is 8.58. The van der Waals surface area contributed by atoms with E-state index in [0.29, 0.717) is 29.1 Å². The summed E-state index contributed by atoms with van der Waals surface area (Å²) in [6.45, 7) is 0.419. The molecular weight excluding hydrogens is 224 g/mol. The van der Waals surface area contributed by atoms with Gasteiger partial charge in [0.2, 0.25) is 0 Å². The molecule has 0 aliphatic heterocycles. The lowest BCUT2D eigenvalue weighted by Gasteiger charge is -2.03. The number of hydrogen-bond acceptors (Lipinski definition) is 8. The summed E-state index contributed by atoms with van der Waals surface area (Å²) in [5.74, 6) is 0.548. The Morgan fingerprint density at radius 1 is 1.29 bits per heavy atom. The number of nitrogens with one attached hydrogen (secondary N) is 2. The standard InChI is InChI=1S/C8H8N8O/c9-4-1-2-5(8-7(4)13-17-14-8)10-3-6-11-15-16-12-6/h1-2,10H,3,9H2,(H,11,12,15,16). The van der Waals surface area contributed by atoms with Crippen LogP contribution in [-0.4, -0.2) is 30.9 Å². The van der Waals surface area contributed by atoms with E-state index in [2.05, 4.69) is 40.9 Å². The molecule has 0 saturated carbocycles. The average Bonchev–Trinajstić information content (AvgIpc) is 2.99. The van der Waals surface area contributed by atoms with Crippen LogP contribution < -0.4 is 11.1 Å². The van der Waals surface area contributed by atoms with Crippen molar-refractivity contribution in [1.29, 1.82) is 0 Å². The van der Waals surface area contributed by atoms with Crippen LogP contribution in [0.25, 0.3) is 11.0 Å². The molecule has 3 rings (SSSR count). The predicted molar refractivity (Wildman–Crippen MR) is 57.7 cm³/mol. The van der Waals surface area contributed by atoms with E-state index in [-0.39, 0.29) is 0 Å². The van der Waals surface area contributed by atoms with Gasteiger partial charge in [0, 0.05) is 0 Å². The SMILES string of the molecule is Nc1ccc(NCc2nn[nH]n2)c2nonc12. The molecule has 17 heavy (non-hydrogen) atoms. The number of tetrazole rings is 1. The van der Waals surface area contributed by atoms with Crippen LogP contribution in [-0.2, 0) is 6.54 Å². The normalized spacial score (nSPS) is 10.8. The Morgan fingerprint density at radius 2 is 2.18 bits per heavy atom. The van der Waals surface area contributed by atoms with Crippen molar-refractivity contribution >= 4 is 22.4 Å². The third-order valence-corrected chi connectivity index (χ3v) is 2.27. The first-order valence-electron chi connectivity index (χ1n) is 4.81.